The standard InChI is InChI=1S/C14H27N3O2S/c1-14(2,3)20(18)8-7-16-13(15-4)17-11-9-10-5-6-12(11)19-10/h10-12H,5-9H2,1-4H3,(H2,15,16,17). The zero-order chi connectivity index (χ0) is 14.8. The highest BCUT2D eigenvalue weighted by Gasteiger charge is 2.41. The molecule has 4 atom stereocenters. The molecular weight excluding hydrogens is 274 g/mol. The van der Waals surface area contributed by atoms with E-state index in [2.05, 4.69) is 15.6 Å². The van der Waals surface area contributed by atoms with Gasteiger partial charge in [-0.05, 0) is 40.0 Å². The van der Waals surface area contributed by atoms with Crippen LogP contribution in [0, 0.1) is 0 Å². The van der Waals surface area contributed by atoms with Crippen LogP contribution in [0.4, 0.5) is 0 Å². The minimum Gasteiger partial charge on any atom is -0.373 e. The average Bonchev–Trinajstić information content (AvgIpc) is 2.98. The van der Waals surface area contributed by atoms with Crippen molar-refractivity contribution in [3.63, 3.8) is 0 Å². The molecule has 0 aromatic rings. The van der Waals surface area contributed by atoms with E-state index in [9.17, 15) is 4.21 Å². The third-order valence-electron chi connectivity index (χ3n) is 3.91. The number of nitrogens with one attached hydrogen (secondary N) is 2. The first-order valence-corrected chi connectivity index (χ1v) is 8.73. The smallest absolute Gasteiger partial charge is 0.191 e. The maximum absolute atomic E-state index is 12.0. The molecule has 0 radical (unpaired) electrons. The Kier molecular flexibility index (Phi) is 5.07. The molecule has 0 aromatic carbocycles. The van der Waals surface area contributed by atoms with Gasteiger partial charge < -0.3 is 15.4 Å². The van der Waals surface area contributed by atoms with Crippen LogP contribution in [0.15, 0.2) is 4.99 Å². The van der Waals surface area contributed by atoms with Crippen molar-refractivity contribution in [2.75, 3.05) is 19.3 Å². The predicted molar refractivity (Wildman–Crippen MR) is 83.6 cm³/mol. The van der Waals surface area contributed by atoms with Gasteiger partial charge >= 0.3 is 0 Å². The molecule has 0 saturated carbocycles. The summed E-state index contributed by atoms with van der Waals surface area (Å²) in [7, 11) is 0.937. The van der Waals surface area contributed by atoms with Crippen molar-refractivity contribution in [2.24, 2.45) is 4.99 Å². The van der Waals surface area contributed by atoms with Crippen LogP contribution < -0.4 is 10.6 Å². The molecule has 4 unspecified atom stereocenters. The van der Waals surface area contributed by atoms with Gasteiger partial charge in [-0.3, -0.25) is 9.20 Å². The third kappa shape index (κ3) is 3.95. The summed E-state index contributed by atoms with van der Waals surface area (Å²) in [4.78, 5) is 4.23. The first kappa shape index (κ1) is 15.8. The minimum atomic E-state index is -0.831. The summed E-state index contributed by atoms with van der Waals surface area (Å²) in [5.41, 5.74) is 0. The second kappa shape index (κ2) is 6.43. The summed E-state index contributed by atoms with van der Waals surface area (Å²) >= 11 is 0. The van der Waals surface area contributed by atoms with Crippen LogP contribution in [-0.4, -0.2) is 52.5 Å². The molecule has 5 nitrogen and oxygen atoms in total. The molecule has 2 rings (SSSR count). The number of nitrogens with zero attached hydrogens (tertiary/aromatic N) is 1. The summed E-state index contributed by atoms with van der Waals surface area (Å²) in [6, 6.07) is 0.369. The van der Waals surface area contributed by atoms with Crippen LogP contribution >= 0.6 is 0 Å². The topological polar surface area (TPSA) is 62.7 Å². The molecule has 6 heteroatoms. The highest BCUT2D eigenvalue weighted by molar-refractivity contribution is 7.86. The molecule has 0 aliphatic carbocycles. The van der Waals surface area contributed by atoms with Crippen molar-refractivity contribution in [1.82, 2.24) is 10.6 Å². The molecule has 20 heavy (non-hydrogen) atoms. The van der Waals surface area contributed by atoms with Gasteiger partial charge in [-0.15, -0.1) is 0 Å². The number of hydrogen-bond donors (Lipinski definition) is 2. The van der Waals surface area contributed by atoms with E-state index in [4.69, 9.17) is 4.74 Å². The molecular formula is C14H27N3O2S. The van der Waals surface area contributed by atoms with Gasteiger partial charge in [0.2, 0.25) is 0 Å². The molecule has 2 heterocycles. The second-order valence-corrected chi connectivity index (χ2v) is 8.85. The normalized spacial score (nSPS) is 31.4. The Bertz CT molecular complexity index is 392. The number of aliphatic imine (C=N–C) groups is 1. The first-order valence-electron chi connectivity index (χ1n) is 7.41. The van der Waals surface area contributed by atoms with Crippen LogP contribution in [0.3, 0.4) is 0 Å². The zero-order valence-corrected chi connectivity index (χ0v) is 13.8. The quantitative estimate of drug-likeness (QED) is 0.601. The first-order chi connectivity index (χ1) is 9.40. The summed E-state index contributed by atoms with van der Waals surface area (Å²) in [6.45, 7) is 6.68. The molecule has 0 aromatic heterocycles. The molecule has 0 spiro atoms. The Morgan fingerprint density at radius 3 is 2.65 bits per heavy atom. The van der Waals surface area contributed by atoms with E-state index in [0.29, 0.717) is 30.5 Å². The zero-order valence-electron chi connectivity index (χ0n) is 12.9. The van der Waals surface area contributed by atoms with E-state index >= 15 is 0 Å². The second-order valence-electron chi connectivity index (χ2n) is 6.52. The van der Waals surface area contributed by atoms with E-state index < -0.39 is 10.8 Å². The Morgan fingerprint density at radius 2 is 2.15 bits per heavy atom. The minimum absolute atomic E-state index is 0.156. The lowest BCUT2D eigenvalue weighted by Crippen LogP contribution is -2.48. The van der Waals surface area contributed by atoms with Gasteiger partial charge in [-0.2, -0.15) is 0 Å². The van der Waals surface area contributed by atoms with Gasteiger partial charge in [0.05, 0.1) is 18.2 Å². The van der Waals surface area contributed by atoms with E-state index in [1.807, 2.05) is 20.8 Å². The molecule has 2 aliphatic heterocycles. The van der Waals surface area contributed by atoms with Gasteiger partial charge in [-0.25, -0.2) is 0 Å². The van der Waals surface area contributed by atoms with Crippen LogP contribution in [0.5, 0.6) is 0 Å². The summed E-state index contributed by atoms with van der Waals surface area (Å²) in [6.07, 6.45) is 4.18. The SMILES string of the molecule is CN=C(NCCS(=O)C(C)(C)C)NC1CC2CCC1O2. The third-order valence-corrected chi connectivity index (χ3v) is 5.86. The van der Waals surface area contributed by atoms with E-state index in [0.717, 1.165) is 18.8 Å². The van der Waals surface area contributed by atoms with Crippen LogP contribution in [0.1, 0.15) is 40.0 Å². The van der Waals surface area contributed by atoms with Gasteiger partial charge in [-0.1, -0.05) is 0 Å². The lowest BCUT2D eigenvalue weighted by atomic mass is 9.96. The molecule has 0 amide bonds. The largest absolute Gasteiger partial charge is 0.373 e. The number of rotatable bonds is 4. The van der Waals surface area contributed by atoms with Crippen LogP contribution in [0.25, 0.3) is 0 Å². The van der Waals surface area contributed by atoms with Gasteiger partial charge in [0.1, 0.15) is 0 Å². The van der Waals surface area contributed by atoms with E-state index in [1.54, 1.807) is 7.05 Å². The fraction of sp³-hybridized carbons (Fsp3) is 0.929. The lowest BCUT2D eigenvalue weighted by Gasteiger charge is -2.23. The number of ether oxygens (including phenoxy) is 1. The average molecular weight is 301 g/mol. The number of hydrogen-bond acceptors (Lipinski definition) is 3. The fourth-order valence-corrected chi connectivity index (χ4v) is 3.63. The van der Waals surface area contributed by atoms with Crippen molar-refractivity contribution in [2.45, 2.75) is 63.0 Å². The molecule has 2 saturated heterocycles. The molecule has 2 aliphatic rings. The highest BCUT2D eigenvalue weighted by atomic mass is 32.2. The Morgan fingerprint density at radius 1 is 1.40 bits per heavy atom. The molecule has 2 N–H and O–H groups in total. The summed E-state index contributed by atoms with van der Waals surface area (Å²) in [5, 5.41) is 6.67. The number of fused-ring (bicyclic) bond motifs is 2. The Labute approximate surface area is 124 Å². The Hall–Kier alpha value is -0.620. The van der Waals surface area contributed by atoms with Crippen molar-refractivity contribution in [3.8, 4) is 0 Å². The number of guanidine groups is 1. The molecule has 2 bridgehead atoms. The maximum atomic E-state index is 12.0. The maximum Gasteiger partial charge on any atom is 0.191 e. The lowest BCUT2D eigenvalue weighted by molar-refractivity contribution is 0.0992. The van der Waals surface area contributed by atoms with Crippen molar-refractivity contribution in [1.29, 1.82) is 0 Å². The van der Waals surface area contributed by atoms with Crippen molar-refractivity contribution >= 4 is 16.8 Å². The summed E-state index contributed by atoms with van der Waals surface area (Å²) in [5.74, 6) is 1.43. The van der Waals surface area contributed by atoms with E-state index in [-0.39, 0.29) is 4.75 Å². The van der Waals surface area contributed by atoms with Gasteiger partial charge in [0, 0.05) is 34.9 Å². The van der Waals surface area contributed by atoms with Gasteiger partial charge in [0.15, 0.2) is 5.96 Å². The predicted octanol–water partition coefficient (Wildman–Crippen LogP) is 1.02. The molecule has 116 valence electrons. The van der Waals surface area contributed by atoms with Crippen molar-refractivity contribution < 1.29 is 8.95 Å². The van der Waals surface area contributed by atoms with Crippen molar-refractivity contribution in [3.05, 3.63) is 0 Å². The fourth-order valence-electron chi connectivity index (χ4n) is 2.73. The Balaban J connectivity index is 1.72. The van der Waals surface area contributed by atoms with Crippen LogP contribution in [0.2, 0.25) is 0 Å². The summed E-state index contributed by atoms with van der Waals surface area (Å²) < 4.78 is 17.6. The van der Waals surface area contributed by atoms with Crippen LogP contribution in [-0.2, 0) is 15.5 Å². The molecule has 2 fully saturated rings. The highest BCUT2D eigenvalue weighted by Crippen LogP contribution is 2.34. The van der Waals surface area contributed by atoms with Gasteiger partial charge in [0.25, 0.3) is 0 Å². The van der Waals surface area contributed by atoms with E-state index in [1.165, 1.54) is 6.42 Å². The monoisotopic (exact) mass is 301 g/mol.